The summed E-state index contributed by atoms with van der Waals surface area (Å²) in [6.45, 7) is 3.24. The van der Waals surface area contributed by atoms with E-state index in [0.29, 0.717) is 6.04 Å². The molecule has 3 heteroatoms. The smallest absolute Gasteiger partial charge is 0.0516 e. The number of rotatable bonds is 4. The average Bonchev–Trinajstić information content (AvgIpc) is 2.87. The maximum Gasteiger partial charge on any atom is 0.0516 e. The Morgan fingerprint density at radius 3 is 3.00 bits per heavy atom. The van der Waals surface area contributed by atoms with Crippen molar-refractivity contribution < 1.29 is 0 Å². The van der Waals surface area contributed by atoms with Crippen molar-refractivity contribution >= 4 is 22.9 Å². The fourth-order valence-electron chi connectivity index (χ4n) is 1.47. The molecule has 0 bridgehead atoms. The van der Waals surface area contributed by atoms with E-state index in [1.54, 1.807) is 11.3 Å². The van der Waals surface area contributed by atoms with E-state index in [1.807, 2.05) is 11.4 Å². The molecule has 1 nitrogen and oxygen atoms in total. The molecule has 1 saturated carbocycles. The van der Waals surface area contributed by atoms with Crippen LogP contribution < -0.4 is 5.32 Å². The highest BCUT2D eigenvalue weighted by Crippen LogP contribution is 2.32. The molecule has 1 aliphatic rings. The van der Waals surface area contributed by atoms with Crippen molar-refractivity contribution in [2.24, 2.45) is 5.92 Å². The Bertz CT molecular complexity index is 280. The van der Waals surface area contributed by atoms with E-state index in [0.717, 1.165) is 17.5 Å². The Balaban J connectivity index is 1.78. The Labute approximate surface area is 88.1 Å². The van der Waals surface area contributed by atoms with Crippen LogP contribution in [0.1, 0.15) is 24.6 Å². The molecule has 13 heavy (non-hydrogen) atoms. The normalized spacial score (nSPS) is 18.9. The number of hydrogen-bond donors (Lipinski definition) is 1. The summed E-state index contributed by atoms with van der Waals surface area (Å²) >= 11 is 7.56. The molecule has 1 atom stereocenters. The summed E-state index contributed by atoms with van der Waals surface area (Å²) in [5, 5.41) is 6.37. The molecule has 1 heterocycles. The third kappa shape index (κ3) is 2.70. The molecule has 0 aliphatic heterocycles. The fourth-order valence-corrected chi connectivity index (χ4v) is 2.49. The molecule has 1 unspecified atom stereocenters. The summed E-state index contributed by atoms with van der Waals surface area (Å²) in [6, 6.07) is 2.71. The first-order chi connectivity index (χ1) is 6.25. The second-order valence-electron chi connectivity index (χ2n) is 3.74. The van der Waals surface area contributed by atoms with Crippen molar-refractivity contribution in [3.63, 3.8) is 0 Å². The minimum atomic E-state index is 0.667. The third-order valence-corrected chi connectivity index (χ3v) is 3.83. The van der Waals surface area contributed by atoms with Crippen LogP contribution in [0.3, 0.4) is 0 Å². The Hall–Kier alpha value is -0.0500. The van der Waals surface area contributed by atoms with E-state index in [1.165, 1.54) is 17.7 Å². The predicted molar refractivity (Wildman–Crippen MR) is 58.4 cm³/mol. The molecule has 0 saturated heterocycles. The maximum atomic E-state index is 5.83. The van der Waals surface area contributed by atoms with Crippen molar-refractivity contribution in [1.82, 2.24) is 5.32 Å². The Kier molecular flexibility index (Phi) is 2.92. The molecule has 1 fully saturated rings. The van der Waals surface area contributed by atoms with Crippen LogP contribution in [-0.2, 0) is 6.54 Å². The van der Waals surface area contributed by atoms with E-state index in [9.17, 15) is 0 Å². The van der Waals surface area contributed by atoms with E-state index in [2.05, 4.69) is 12.2 Å². The highest BCUT2D eigenvalue weighted by molar-refractivity contribution is 7.10. The molecule has 1 aliphatic carbocycles. The minimum absolute atomic E-state index is 0.667. The summed E-state index contributed by atoms with van der Waals surface area (Å²) in [5.41, 5.74) is 0. The van der Waals surface area contributed by atoms with Crippen LogP contribution in [-0.4, -0.2) is 6.04 Å². The first-order valence-electron chi connectivity index (χ1n) is 4.72. The number of hydrogen-bond acceptors (Lipinski definition) is 2. The molecular weight excluding hydrogens is 202 g/mol. The van der Waals surface area contributed by atoms with Crippen LogP contribution in [0, 0.1) is 5.92 Å². The Morgan fingerprint density at radius 1 is 1.69 bits per heavy atom. The zero-order valence-corrected chi connectivity index (χ0v) is 9.29. The molecule has 0 aromatic carbocycles. The molecule has 1 N–H and O–H groups in total. The van der Waals surface area contributed by atoms with Crippen molar-refractivity contribution in [3.05, 3.63) is 21.3 Å². The first kappa shape index (κ1) is 9.50. The standard InChI is InChI=1S/C10H14ClNS/c1-7(8-2-3-8)12-5-10-4-9(11)6-13-10/h4,6-8,12H,2-3,5H2,1H3. The quantitative estimate of drug-likeness (QED) is 0.813. The summed E-state index contributed by atoms with van der Waals surface area (Å²) in [6.07, 6.45) is 2.80. The van der Waals surface area contributed by atoms with Crippen LogP contribution in [0.5, 0.6) is 0 Å². The van der Waals surface area contributed by atoms with E-state index in [4.69, 9.17) is 11.6 Å². The highest BCUT2D eigenvalue weighted by atomic mass is 35.5. The lowest BCUT2D eigenvalue weighted by Crippen LogP contribution is -2.26. The maximum absolute atomic E-state index is 5.83. The molecule has 0 radical (unpaired) electrons. The van der Waals surface area contributed by atoms with Crippen molar-refractivity contribution in [2.75, 3.05) is 0 Å². The first-order valence-corrected chi connectivity index (χ1v) is 5.98. The minimum Gasteiger partial charge on any atom is -0.309 e. The molecule has 0 spiro atoms. The van der Waals surface area contributed by atoms with Gasteiger partial charge in [-0.05, 0) is 31.7 Å². The van der Waals surface area contributed by atoms with Crippen LogP contribution >= 0.6 is 22.9 Å². The number of nitrogens with one attached hydrogen (secondary N) is 1. The van der Waals surface area contributed by atoms with Gasteiger partial charge in [-0.3, -0.25) is 0 Å². The Morgan fingerprint density at radius 2 is 2.46 bits per heavy atom. The summed E-state index contributed by atoms with van der Waals surface area (Å²) in [7, 11) is 0. The molecule has 1 aromatic heterocycles. The van der Waals surface area contributed by atoms with Gasteiger partial charge in [0.15, 0.2) is 0 Å². The monoisotopic (exact) mass is 215 g/mol. The van der Waals surface area contributed by atoms with E-state index >= 15 is 0 Å². The lowest BCUT2D eigenvalue weighted by atomic mass is 10.2. The number of halogens is 1. The van der Waals surface area contributed by atoms with E-state index in [-0.39, 0.29) is 0 Å². The van der Waals surface area contributed by atoms with Crippen molar-refractivity contribution in [1.29, 1.82) is 0 Å². The molecular formula is C10H14ClNS. The van der Waals surface area contributed by atoms with Gasteiger partial charge >= 0.3 is 0 Å². The number of thiophene rings is 1. The molecule has 1 aromatic rings. The van der Waals surface area contributed by atoms with Gasteiger partial charge in [0.2, 0.25) is 0 Å². The van der Waals surface area contributed by atoms with Gasteiger partial charge in [-0.25, -0.2) is 0 Å². The van der Waals surface area contributed by atoms with Crippen molar-refractivity contribution in [2.45, 2.75) is 32.4 Å². The van der Waals surface area contributed by atoms with Crippen LogP contribution in [0.4, 0.5) is 0 Å². The highest BCUT2D eigenvalue weighted by Gasteiger charge is 2.27. The fraction of sp³-hybridized carbons (Fsp3) is 0.600. The summed E-state index contributed by atoms with van der Waals surface area (Å²) < 4.78 is 0. The van der Waals surface area contributed by atoms with Gasteiger partial charge in [0.05, 0.1) is 5.02 Å². The zero-order valence-electron chi connectivity index (χ0n) is 7.72. The molecule has 0 amide bonds. The lowest BCUT2D eigenvalue weighted by molar-refractivity contribution is 0.499. The van der Waals surface area contributed by atoms with Gasteiger partial charge in [0, 0.05) is 22.8 Å². The van der Waals surface area contributed by atoms with Crippen molar-refractivity contribution in [3.8, 4) is 0 Å². The van der Waals surface area contributed by atoms with Gasteiger partial charge < -0.3 is 5.32 Å². The van der Waals surface area contributed by atoms with Gasteiger partial charge in [0.25, 0.3) is 0 Å². The summed E-state index contributed by atoms with van der Waals surface area (Å²) in [4.78, 5) is 1.33. The second kappa shape index (κ2) is 3.99. The second-order valence-corrected chi connectivity index (χ2v) is 5.17. The molecule has 2 rings (SSSR count). The topological polar surface area (TPSA) is 12.0 Å². The van der Waals surface area contributed by atoms with Gasteiger partial charge in [-0.2, -0.15) is 0 Å². The zero-order chi connectivity index (χ0) is 9.26. The third-order valence-electron chi connectivity index (χ3n) is 2.55. The average molecular weight is 216 g/mol. The molecule has 72 valence electrons. The predicted octanol–water partition coefficient (Wildman–Crippen LogP) is 3.29. The SMILES string of the molecule is CC(NCc1cc(Cl)cs1)C1CC1. The van der Waals surface area contributed by atoms with Gasteiger partial charge in [-0.1, -0.05) is 11.6 Å². The van der Waals surface area contributed by atoms with Crippen LogP contribution in [0.2, 0.25) is 5.02 Å². The van der Waals surface area contributed by atoms with Crippen LogP contribution in [0.15, 0.2) is 11.4 Å². The van der Waals surface area contributed by atoms with Crippen LogP contribution in [0.25, 0.3) is 0 Å². The van der Waals surface area contributed by atoms with Gasteiger partial charge in [-0.15, -0.1) is 11.3 Å². The summed E-state index contributed by atoms with van der Waals surface area (Å²) in [5.74, 6) is 0.926. The largest absolute Gasteiger partial charge is 0.309 e. The van der Waals surface area contributed by atoms with Gasteiger partial charge in [0.1, 0.15) is 0 Å². The lowest BCUT2D eigenvalue weighted by Gasteiger charge is -2.10. The van der Waals surface area contributed by atoms with E-state index < -0.39 is 0 Å².